The lowest BCUT2D eigenvalue weighted by Gasteiger charge is -2.57. The van der Waals surface area contributed by atoms with E-state index in [0.29, 0.717) is 28.8 Å². The molecule has 4 heteroatoms. The number of thiocyanates is 1. The molecule has 9 atom stereocenters. The molecule has 3 saturated carbocycles. The van der Waals surface area contributed by atoms with Crippen LogP contribution in [0.1, 0.15) is 85.5 Å². The van der Waals surface area contributed by atoms with Gasteiger partial charge in [0.05, 0.1) is 11.9 Å². The van der Waals surface area contributed by atoms with E-state index in [1.54, 1.807) is 5.57 Å². The molecule has 176 valence electrons. The van der Waals surface area contributed by atoms with Crippen molar-refractivity contribution in [2.45, 2.75) is 97.7 Å². The molecule has 32 heavy (non-hydrogen) atoms. The molecule has 0 aromatic heterocycles. The smallest absolute Gasteiger partial charge is 0.133 e. The summed E-state index contributed by atoms with van der Waals surface area (Å²) in [5, 5.41) is 21.3. The molecular weight excluding hydrogens is 414 g/mol. The number of allylic oxidation sites excluding steroid dienone is 2. The summed E-state index contributed by atoms with van der Waals surface area (Å²) in [6.07, 6.45) is 13.1. The Labute approximate surface area is 199 Å². The summed E-state index contributed by atoms with van der Waals surface area (Å²) < 4.78 is 6.69. The largest absolute Gasteiger partial charge is 0.494 e. The molecule has 1 heterocycles. The topological polar surface area (TPSA) is 53.2 Å². The summed E-state index contributed by atoms with van der Waals surface area (Å²) in [4.78, 5) is 0. The van der Waals surface area contributed by atoms with E-state index in [9.17, 15) is 5.11 Å². The van der Waals surface area contributed by atoms with Gasteiger partial charge in [-0.15, -0.1) is 0 Å². The SMILES string of the molecule is CC1=C(CCC(C)CSC#N)O[C@H]2C[C@H]3[C@@H]4CC=C5C[C@@H](O)CC[C@]5(C)[C@H]4CC[C@]3(C)[C@@H]12. The Morgan fingerprint density at radius 1 is 1.28 bits per heavy atom. The number of rotatable bonds is 5. The maximum Gasteiger partial charge on any atom is 0.133 e. The van der Waals surface area contributed by atoms with Gasteiger partial charge in [0.1, 0.15) is 11.5 Å². The Morgan fingerprint density at radius 3 is 2.88 bits per heavy atom. The van der Waals surface area contributed by atoms with Crippen LogP contribution in [0.2, 0.25) is 0 Å². The molecule has 0 saturated heterocycles. The van der Waals surface area contributed by atoms with Gasteiger partial charge < -0.3 is 9.84 Å². The molecule has 1 unspecified atom stereocenters. The normalized spacial score (nSPS) is 45.7. The number of hydrogen-bond acceptors (Lipinski definition) is 4. The van der Waals surface area contributed by atoms with Crippen molar-refractivity contribution >= 4 is 11.8 Å². The van der Waals surface area contributed by atoms with Crippen molar-refractivity contribution in [3.05, 3.63) is 23.0 Å². The summed E-state index contributed by atoms with van der Waals surface area (Å²) >= 11 is 1.38. The van der Waals surface area contributed by atoms with Crippen molar-refractivity contribution < 1.29 is 9.84 Å². The number of aliphatic hydroxyl groups excluding tert-OH is 1. The third-order valence-electron chi connectivity index (χ3n) is 10.6. The predicted octanol–water partition coefficient (Wildman–Crippen LogP) is 6.84. The molecule has 0 amide bonds. The minimum Gasteiger partial charge on any atom is -0.494 e. The number of nitrogens with zero attached hydrogens (tertiary/aromatic N) is 1. The molecule has 3 fully saturated rings. The van der Waals surface area contributed by atoms with E-state index in [4.69, 9.17) is 10.00 Å². The van der Waals surface area contributed by atoms with Crippen LogP contribution in [0, 0.1) is 51.1 Å². The van der Waals surface area contributed by atoms with E-state index < -0.39 is 0 Å². The fourth-order valence-electron chi connectivity index (χ4n) is 8.87. The highest BCUT2D eigenvalue weighted by atomic mass is 32.2. The Morgan fingerprint density at radius 2 is 2.09 bits per heavy atom. The molecule has 0 bridgehead atoms. The number of fused-ring (bicyclic) bond motifs is 7. The van der Waals surface area contributed by atoms with Crippen molar-refractivity contribution in [1.82, 2.24) is 0 Å². The van der Waals surface area contributed by atoms with Gasteiger partial charge in [-0.05, 0) is 110 Å². The van der Waals surface area contributed by atoms with E-state index in [0.717, 1.165) is 49.2 Å². The summed E-state index contributed by atoms with van der Waals surface area (Å²) in [6.45, 7) is 9.72. The van der Waals surface area contributed by atoms with Crippen LogP contribution in [0.4, 0.5) is 0 Å². The van der Waals surface area contributed by atoms with Crippen LogP contribution in [0.25, 0.3) is 0 Å². The first-order valence-electron chi connectivity index (χ1n) is 13.0. The first kappa shape index (κ1) is 22.9. The lowest BCUT2D eigenvalue weighted by Crippen LogP contribution is -2.50. The first-order chi connectivity index (χ1) is 15.3. The lowest BCUT2D eigenvalue weighted by atomic mass is 9.47. The fourth-order valence-corrected chi connectivity index (χ4v) is 9.39. The maximum atomic E-state index is 10.3. The molecule has 5 rings (SSSR count). The summed E-state index contributed by atoms with van der Waals surface area (Å²) in [5.74, 6) is 5.68. The molecule has 5 aliphatic rings. The van der Waals surface area contributed by atoms with E-state index in [1.807, 2.05) is 0 Å². The molecule has 1 aliphatic heterocycles. The highest BCUT2D eigenvalue weighted by Crippen LogP contribution is 2.68. The summed E-state index contributed by atoms with van der Waals surface area (Å²) in [6, 6.07) is 0. The van der Waals surface area contributed by atoms with Crippen molar-refractivity contribution in [3.63, 3.8) is 0 Å². The van der Waals surface area contributed by atoms with Gasteiger partial charge in [-0.2, -0.15) is 5.26 Å². The monoisotopic (exact) mass is 455 g/mol. The van der Waals surface area contributed by atoms with Crippen molar-refractivity contribution in [2.75, 3.05) is 5.75 Å². The van der Waals surface area contributed by atoms with E-state index >= 15 is 0 Å². The van der Waals surface area contributed by atoms with Crippen LogP contribution in [-0.2, 0) is 4.74 Å². The van der Waals surface area contributed by atoms with Crippen LogP contribution in [0.3, 0.4) is 0 Å². The van der Waals surface area contributed by atoms with Gasteiger partial charge in [-0.1, -0.05) is 32.4 Å². The molecule has 0 radical (unpaired) electrons. The number of nitriles is 1. The van der Waals surface area contributed by atoms with Crippen LogP contribution >= 0.6 is 11.8 Å². The Kier molecular flexibility index (Phi) is 5.99. The zero-order valence-corrected chi connectivity index (χ0v) is 21.2. The van der Waals surface area contributed by atoms with Crippen molar-refractivity contribution in [1.29, 1.82) is 5.26 Å². The molecule has 0 spiro atoms. The Bertz CT molecular complexity index is 858. The van der Waals surface area contributed by atoms with Crippen molar-refractivity contribution in [2.24, 2.45) is 40.4 Å². The molecular formula is C28H41NO2S. The molecule has 3 nitrogen and oxygen atoms in total. The minimum absolute atomic E-state index is 0.119. The van der Waals surface area contributed by atoms with Crippen LogP contribution < -0.4 is 0 Å². The summed E-state index contributed by atoms with van der Waals surface area (Å²) in [7, 11) is 0. The standard InChI is InChI=1S/C28H41NO2S/c1-17(15-32-16-29)5-8-24-18(2)26-25(31-24)14-23-21-7-6-19-13-20(30)9-11-27(19,3)22(21)10-12-28(23,26)4/h6,17,20-23,25-26,30H,5,7-15H2,1-4H3/t17?,20-,21+,22-,23-,25-,26-,27-,28-/m0/s1. The van der Waals surface area contributed by atoms with Gasteiger partial charge in [0.25, 0.3) is 0 Å². The molecule has 0 aromatic rings. The second-order valence-electron chi connectivity index (χ2n) is 12.2. The lowest BCUT2D eigenvalue weighted by molar-refractivity contribution is -0.0454. The van der Waals surface area contributed by atoms with Gasteiger partial charge in [0, 0.05) is 18.1 Å². The number of hydrogen-bond donors (Lipinski definition) is 1. The molecule has 0 aromatic carbocycles. The van der Waals surface area contributed by atoms with Gasteiger partial charge in [0.2, 0.25) is 0 Å². The summed E-state index contributed by atoms with van der Waals surface area (Å²) in [5.41, 5.74) is 3.79. The van der Waals surface area contributed by atoms with Gasteiger partial charge in [-0.3, -0.25) is 0 Å². The average molecular weight is 456 g/mol. The number of aliphatic hydroxyl groups is 1. The second-order valence-corrected chi connectivity index (χ2v) is 13.0. The zero-order chi connectivity index (χ0) is 22.7. The highest BCUT2D eigenvalue weighted by molar-refractivity contribution is 8.03. The van der Waals surface area contributed by atoms with Gasteiger partial charge >= 0.3 is 0 Å². The van der Waals surface area contributed by atoms with E-state index in [-0.39, 0.29) is 6.10 Å². The average Bonchev–Trinajstić information content (AvgIpc) is 3.24. The maximum absolute atomic E-state index is 10.3. The number of ether oxygens (including phenoxy) is 1. The van der Waals surface area contributed by atoms with E-state index in [2.05, 4.69) is 39.2 Å². The van der Waals surface area contributed by atoms with E-state index in [1.165, 1.54) is 55.2 Å². The molecule has 1 N–H and O–H groups in total. The minimum atomic E-state index is -0.119. The Balaban J connectivity index is 1.33. The van der Waals surface area contributed by atoms with Gasteiger partial charge in [0.15, 0.2) is 0 Å². The Hall–Kier alpha value is -0.920. The fraction of sp³-hybridized carbons (Fsp3) is 0.821. The molecule has 4 aliphatic carbocycles. The predicted molar refractivity (Wildman–Crippen MR) is 131 cm³/mol. The first-order valence-corrected chi connectivity index (χ1v) is 14.0. The quantitative estimate of drug-likeness (QED) is 0.364. The van der Waals surface area contributed by atoms with Crippen molar-refractivity contribution in [3.8, 4) is 5.40 Å². The van der Waals surface area contributed by atoms with Crippen LogP contribution in [0.5, 0.6) is 0 Å². The van der Waals surface area contributed by atoms with Crippen LogP contribution in [0.15, 0.2) is 23.0 Å². The van der Waals surface area contributed by atoms with Gasteiger partial charge in [-0.25, -0.2) is 0 Å². The van der Waals surface area contributed by atoms with Crippen LogP contribution in [-0.4, -0.2) is 23.1 Å². The second kappa shape index (κ2) is 8.38. The highest BCUT2D eigenvalue weighted by Gasteiger charge is 2.63. The zero-order valence-electron chi connectivity index (χ0n) is 20.4. The third-order valence-corrected chi connectivity index (χ3v) is 11.4. The third kappa shape index (κ3) is 3.49. The number of thioether (sulfide) groups is 1.